The van der Waals surface area contributed by atoms with Gasteiger partial charge >= 0.3 is 0 Å². The average molecular weight is 425 g/mol. The lowest BCUT2D eigenvalue weighted by molar-refractivity contribution is -0.0627. The monoisotopic (exact) mass is 424 g/mol. The minimum Gasteiger partial charge on any atom is -0.378 e. The minimum atomic E-state index is -0.387. The first kappa shape index (κ1) is 17.4. The molecule has 1 saturated carbocycles. The summed E-state index contributed by atoms with van der Waals surface area (Å²) in [6, 6.07) is 0. The zero-order valence-corrected chi connectivity index (χ0v) is 15.5. The Kier molecular flexibility index (Phi) is 6.65. The van der Waals surface area contributed by atoms with Crippen LogP contribution in [0.15, 0.2) is 0 Å². The summed E-state index contributed by atoms with van der Waals surface area (Å²) in [7, 11) is 1.66. The van der Waals surface area contributed by atoms with Gasteiger partial charge in [0.15, 0.2) is 5.82 Å². The van der Waals surface area contributed by atoms with Crippen molar-refractivity contribution in [3.8, 4) is 0 Å². The molecule has 1 aromatic heterocycles. The number of hydrogen-bond acceptors (Lipinski definition) is 4. The summed E-state index contributed by atoms with van der Waals surface area (Å²) < 4.78 is 12.2. The largest absolute Gasteiger partial charge is 0.378 e. The van der Waals surface area contributed by atoms with Gasteiger partial charge < -0.3 is 9.47 Å². The Morgan fingerprint density at radius 1 is 1.19 bits per heavy atom. The molecule has 1 aliphatic rings. The molecule has 2 rings (SSSR count). The second-order valence-electron chi connectivity index (χ2n) is 5.37. The van der Waals surface area contributed by atoms with E-state index in [-0.39, 0.29) is 5.60 Å². The number of hydrogen-bond donors (Lipinski definition) is 0. The molecule has 0 aromatic carbocycles. The third-order valence-electron chi connectivity index (χ3n) is 3.90. The molecule has 6 heteroatoms. The highest BCUT2D eigenvalue weighted by Crippen LogP contribution is 2.39. The van der Waals surface area contributed by atoms with E-state index in [2.05, 4.69) is 27.6 Å². The summed E-state index contributed by atoms with van der Waals surface area (Å²) in [6.45, 7) is 3.12. The topological polar surface area (TPSA) is 44.2 Å². The Morgan fingerprint density at radius 2 is 1.86 bits per heavy atom. The molecular formula is C15H22ClIN2O2. The van der Waals surface area contributed by atoms with Crippen LogP contribution in [0.25, 0.3) is 0 Å². The fraction of sp³-hybridized carbons (Fsp3) is 0.733. The molecule has 1 aliphatic carbocycles. The third-order valence-corrected chi connectivity index (χ3v) is 5.63. The van der Waals surface area contributed by atoms with Gasteiger partial charge in [-0.25, -0.2) is 9.97 Å². The average Bonchev–Trinajstić information content (AvgIpc) is 2.71. The highest BCUT2D eigenvalue weighted by Gasteiger charge is 2.37. The number of halogens is 2. The van der Waals surface area contributed by atoms with Gasteiger partial charge in [0, 0.05) is 13.7 Å². The molecule has 0 saturated heterocycles. The molecule has 0 atom stereocenters. The van der Waals surface area contributed by atoms with Crippen molar-refractivity contribution in [1.29, 1.82) is 0 Å². The molecule has 0 amide bonds. The Labute approximate surface area is 145 Å². The predicted octanol–water partition coefficient (Wildman–Crippen LogP) is 4.47. The Balaban J connectivity index is 2.43. The molecule has 0 unspecified atom stereocenters. The van der Waals surface area contributed by atoms with E-state index in [0.717, 1.165) is 40.8 Å². The first-order chi connectivity index (χ1) is 10.1. The maximum Gasteiger partial charge on any atom is 0.162 e. The number of rotatable bonds is 5. The van der Waals surface area contributed by atoms with E-state index in [4.69, 9.17) is 26.1 Å². The normalized spacial score (nSPS) is 18.5. The van der Waals surface area contributed by atoms with Gasteiger partial charge in [-0.1, -0.05) is 37.3 Å². The van der Waals surface area contributed by atoms with E-state index >= 15 is 0 Å². The maximum atomic E-state index is 6.31. The molecule has 1 heterocycles. The zero-order chi connectivity index (χ0) is 15.3. The van der Waals surface area contributed by atoms with Gasteiger partial charge in [-0.3, -0.25) is 0 Å². The fourth-order valence-electron chi connectivity index (χ4n) is 2.91. The molecule has 21 heavy (non-hydrogen) atoms. The Morgan fingerprint density at radius 3 is 2.43 bits per heavy atom. The lowest BCUT2D eigenvalue weighted by atomic mass is 9.93. The first-order valence-corrected chi connectivity index (χ1v) is 8.94. The first-order valence-electron chi connectivity index (χ1n) is 7.48. The second-order valence-corrected chi connectivity index (χ2v) is 6.81. The van der Waals surface area contributed by atoms with E-state index in [9.17, 15) is 0 Å². The van der Waals surface area contributed by atoms with Crippen LogP contribution in [0, 0.1) is 3.57 Å². The van der Waals surface area contributed by atoms with E-state index in [1.165, 1.54) is 12.8 Å². The second kappa shape index (κ2) is 8.04. The number of methoxy groups -OCH3 is 1. The van der Waals surface area contributed by atoms with Crippen LogP contribution in [0.2, 0.25) is 5.15 Å². The summed E-state index contributed by atoms with van der Waals surface area (Å²) in [5.74, 6) is 0.726. The summed E-state index contributed by atoms with van der Waals surface area (Å²) >= 11 is 8.48. The maximum absolute atomic E-state index is 6.31. The van der Waals surface area contributed by atoms with Crippen LogP contribution in [0.5, 0.6) is 0 Å². The number of ether oxygens (including phenoxy) is 2. The smallest absolute Gasteiger partial charge is 0.162 e. The lowest BCUT2D eigenvalue weighted by Crippen LogP contribution is -2.32. The highest BCUT2D eigenvalue weighted by molar-refractivity contribution is 14.1. The van der Waals surface area contributed by atoms with Gasteiger partial charge in [0.25, 0.3) is 0 Å². The Bertz CT molecular complexity index is 477. The SMILES string of the molecule is CCOC1(c2nc(Cl)c(I)c(COC)n2)CCCCCC1. The summed E-state index contributed by atoms with van der Waals surface area (Å²) in [6.07, 6.45) is 6.71. The summed E-state index contributed by atoms with van der Waals surface area (Å²) in [5, 5.41) is 0.496. The van der Waals surface area contributed by atoms with Crippen LogP contribution in [0.1, 0.15) is 57.0 Å². The van der Waals surface area contributed by atoms with E-state index < -0.39 is 0 Å². The van der Waals surface area contributed by atoms with Crippen molar-refractivity contribution < 1.29 is 9.47 Å². The van der Waals surface area contributed by atoms with E-state index in [1.807, 2.05) is 6.92 Å². The van der Waals surface area contributed by atoms with Gasteiger partial charge in [-0.2, -0.15) is 0 Å². The molecule has 0 aliphatic heterocycles. The molecule has 0 spiro atoms. The van der Waals surface area contributed by atoms with Gasteiger partial charge in [0.05, 0.1) is 15.9 Å². The van der Waals surface area contributed by atoms with Gasteiger partial charge in [-0.15, -0.1) is 0 Å². The van der Waals surface area contributed by atoms with Gasteiger partial charge in [0.1, 0.15) is 10.8 Å². The van der Waals surface area contributed by atoms with Crippen LogP contribution in [-0.4, -0.2) is 23.7 Å². The third kappa shape index (κ3) is 4.06. The standard InChI is InChI=1S/C15H22ClIN2O2/c1-3-21-15(8-6-4-5-7-9-15)14-18-11(10-20-2)12(17)13(16)19-14/h3-10H2,1-2H3. The molecule has 1 fully saturated rings. The van der Waals surface area contributed by atoms with Crippen molar-refractivity contribution in [2.45, 2.75) is 57.7 Å². The number of aromatic nitrogens is 2. The zero-order valence-electron chi connectivity index (χ0n) is 12.6. The van der Waals surface area contributed by atoms with Crippen molar-refractivity contribution in [3.63, 3.8) is 0 Å². The van der Waals surface area contributed by atoms with Gasteiger partial charge in [0.2, 0.25) is 0 Å². The summed E-state index contributed by atoms with van der Waals surface area (Å²) in [5.41, 5.74) is 0.457. The van der Waals surface area contributed by atoms with E-state index in [1.54, 1.807) is 7.11 Å². The van der Waals surface area contributed by atoms with Crippen molar-refractivity contribution in [2.75, 3.05) is 13.7 Å². The van der Waals surface area contributed by atoms with Crippen molar-refractivity contribution >= 4 is 34.2 Å². The minimum absolute atomic E-state index is 0.387. The fourth-order valence-corrected chi connectivity index (χ4v) is 3.49. The quantitative estimate of drug-likeness (QED) is 0.397. The molecule has 118 valence electrons. The van der Waals surface area contributed by atoms with E-state index in [0.29, 0.717) is 18.4 Å². The van der Waals surface area contributed by atoms with Crippen LogP contribution in [-0.2, 0) is 21.7 Å². The molecule has 1 aromatic rings. The van der Waals surface area contributed by atoms with Crippen molar-refractivity contribution in [1.82, 2.24) is 9.97 Å². The van der Waals surface area contributed by atoms with Crippen LogP contribution in [0.3, 0.4) is 0 Å². The molecule has 0 N–H and O–H groups in total. The Hall–Kier alpha value is 0.0200. The molecule has 0 bridgehead atoms. The molecular weight excluding hydrogens is 403 g/mol. The number of nitrogens with zero attached hydrogens (tertiary/aromatic N) is 2. The van der Waals surface area contributed by atoms with Crippen LogP contribution in [0.4, 0.5) is 0 Å². The van der Waals surface area contributed by atoms with Gasteiger partial charge in [-0.05, 0) is 42.4 Å². The highest BCUT2D eigenvalue weighted by atomic mass is 127. The van der Waals surface area contributed by atoms with Crippen LogP contribution < -0.4 is 0 Å². The molecule has 4 nitrogen and oxygen atoms in total. The molecule has 0 radical (unpaired) electrons. The predicted molar refractivity (Wildman–Crippen MR) is 91.5 cm³/mol. The lowest BCUT2D eigenvalue weighted by Gasteiger charge is -2.31. The van der Waals surface area contributed by atoms with Crippen LogP contribution >= 0.6 is 34.2 Å². The summed E-state index contributed by atoms with van der Waals surface area (Å²) in [4.78, 5) is 9.26. The van der Waals surface area contributed by atoms with Crippen molar-refractivity contribution in [3.05, 3.63) is 20.2 Å². The van der Waals surface area contributed by atoms with Crippen molar-refractivity contribution in [2.24, 2.45) is 0 Å².